The predicted molar refractivity (Wildman–Crippen MR) is 80.6 cm³/mol. The number of hydrogen-bond acceptors (Lipinski definition) is 2. The molecule has 0 unspecified atom stereocenters. The molecular formula is C17H21NO2. The van der Waals surface area contributed by atoms with Crippen molar-refractivity contribution in [1.82, 2.24) is 0 Å². The van der Waals surface area contributed by atoms with Crippen molar-refractivity contribution >= 4 is 17.3 Å². The third-order valence-corrected chi connectivity index (χ3v) is 4.01. The Morgan fingerprint density at radius 3 is 2.45 bits per heavy atom. The van der Waals surface area contributed by atoms with E-state index in [1.807, 2.05) is 6.07 Å². The Balaban J connectivity index is 2.44. The number of rotatable bonds is 3. The van der Waals surface area contributed by atoms with Crippen LogP contribution in [0.15, 0.2) is 24.3 Å². The molecule has 1 aliphatic carbocycles. The third kappa shape index (κ3) is 2.98. The minimum absolute atomic E-state index is 0.0576. The predicted octanol–water partition coefficient (Wildman–Crippen LogP) is 3.58. The van der Waals surface area contributed by atoms with Crippen molar-refractivity contribution < 1.29 is 9.59 Å². The topological polar surface area (TPSA) is 60.2 Å². The molecule has 1 aliphatic rings. The molecule has 0 radical (unpaired) electrons. The summed E-state index contributed by atoms with van der Waals surface area (Å²) in [6, 6.07) is 5.23. The molecule has 0 saturated carbocycles. The molecule has 0 aliphatic heterocycles. The average molecular weight is 271 g/mol. The zero-order valence-electron chi connectivity index (χ0n) is 12.3. The van der Waals surface area contributed by atoms with E-state index in [1.165, 1.54) is 6.92 Å². The van der Waals surface area contributed by atoms with E-state index in [2.05, 4.69) is 19.9 Å². The highest BCUT2D eigenvalue weighted by Gasteiger charge is 2.23. The summed E-state index contributed by atoms with van der Waals surface area (Å²) in [4.78, 5) is 23.1. The van der Waals surface area contributed by atoms with E-state index in [-0.39, 0.29) is 5.78 Å². The summed E-state index contributed by atoms with van der Waals surface area (Å²) < 4.78 is 0. The molecular weight excluding hydrogens is 250 g/mol. The van der Waals surface area contributed by atoms with Crippen LogP contribution in [-0.4, -0.2) is 11.7 Å². The molecule has 3 nitrogen and oxygen atoms in total. The second kappa shape index (κ2) is 5.23. The molecule has 0 fully saturated rings. The van der Waals surface area contributed by atoms with Gasteiger partial charge in [0.25, 0.3) is 0 Å². The number of carbonyl (C=O) groups is 2. The Labute approximate surface area is 119 Å². The van der Waals surface area contributed by atoms with Crippen molar-refractivity contribution in [2.45, 2.75) is 40.0 Å². The summed E-state index contributed by atoms with van der Waals surface area (Å²) in [6.07, 6.45) is 5.21. The number of benzene rings is 1. The minimum Gasteiger partial charge on any atom is -0.366 e. The Bertz CT molecular complexity index is 597. The molecule has 2 rings (SSSR count). The first-order valence-corrected chi connectivity index (χ1v) is 6.94. The fraction of sp³-hybridized carbons (Fsp3) is 0.412. The van der Waals surface area contributed by atoms with Crippen molar-refractivity contribution in [3.63, 3.8) is 0 Å². The average Bonchev–Trinajstić information content (AvgIpc) is 2.38. The highest BCUT2D eigenvalue weighted by atomic mass is 16.1. The SMILES string of the molecule is CC(=O)c1ccc(C2=CCC(C)(C)CC2)c(C(N)=O)c1. The maximum absolute atomic E-state index is 11.7. The fourth-order valence-corrected chi connectivity index (χ4v) is 2.57. The molecule has 0 aromatic heterocycles. The van der Waals surface area contributed by atoms with Gasteiger partial charge in [-0.3, -0.25) is 9.59 Å². The summed E-state index contributed by atoms with van der Waals surface area (Å²) in [5.41, 5.74) is 8.79. The number of ketones is 1. The summed E-state index contributed by atoms with van der Waals surface area (Å²) in [6.45, 7) is 5.98. The van der Waals surface area contributed by atoms with Gasteiger partial charge in [0, 0.05) is 11.1 Å². The molecule has 106 valence electrons. The summed E-state index contributed by atoms with van der Waals surface area (Å²) >= 11 is 0. The monoisotopic (exact) mass is 271 g/mol. The molecule has 20 heavy (non-hydrogen) atoms. The molecule has 0 bridgehead atoms. The smallest absolute Gasteiger partial charge is 0.249 e. The van der Waals surface area contributed by atoms with Crippen LogP contribution in [0.1, 0.15) is 66.3 Å². The first-order valence-electron chi connectivity index (χ1n) is 6.94. The van der Waals surface area contributed by atoms with Crippen molar-refractivity contribution in [2.24, 2.45) is 11.1 Å². The molecule has 1 amide bonds. The molecule has 0 spiro atoms. The second-order valence-corrected chi connectivity index (χ2v) is 6.28. The lowest BCUT2D eigenvalue weighted by atomic mass is 9.76. The standard InChI is InChI=1S/C17H21NO2/c1-11(19)13-4-5-14(15(10-13)16(18)20)12-6-8-17(2,3)9-7-12/h4-6,10H,7-9H2,1-3H3,(H2,18,20). The van der Waals surface area contributed by atoms with E-state index in [4.69, 9.17) is 5.73 Å². The van der Waals surface area contributed by atoms with Gasteiger partial charge in [0.2, 0.25) is 5.91 Å². The number of carbonyl (C=O) groups excluding carboxylic acids is 2. The highest BCUT2D eigenvalue weighted by Crippen LogP contribution is 2.38. The summed E-state index contributed by atoms with van der Waals surface area (Å²) in [7, 11) is 0. The quantitative estimate of drug-likeness (QED) is 0.854. The maximum Gasteiger partial charge on any atom is 0.249 e. The number of allylic oxidation sites excluding steroid dienone is 2. The van der Waals surface area contributed by atoms with Crippen molar-refractivity contribution in [3.8, 4) is 0 Å². The largest absolute Gasteiger partial charge is 0.366 e. The van der Waals surface area contributed by atoms with Crippen LogP contribution in [0.25, 0.3) is 5.57 Å². The fourth-order valence-electron chi connectivity index (χ4n) is 2.57. The normalized spacial score (nSPS) is 17.4. The molecule has 3 heteroatoms. The van der Waals surface area contributed by atoms with Gasteiger partial charge >= 0.3 is 0 Å². The summed E-state index contributed by atoms with van der Waals surface area (Å²) in [5, 5.41) is 0. The van der Waals surface area contributed by atoms with E-state index in [0.29, 0.717) is 16.5 Å². The number of Topliss-reactive ketones (excluding diaryl/α,β-unsaturated/α-hetero) is 1. The molecule has 0 atom stereocenters. The Hall–Kier alpha value is -1.90. The van der Waals surface area contributed by atoms with Crippen LogP contribution in [0, 0.1) is 5.41 Å². The Morgan fingerprint density at radius 2 is 1.95 bits per heavy atom. The van der Waals surface area contributed by atoms with Crippen molar-refractivity contribution in [3.05, 3.63) is 41.0 Å². The second-order valence-electron chi connectivity index (χ2n) is 6.28. The lowest BCUT2D eigenvalue weighted by molar-refractivity contribution is 0.1000. The number of nitrogens with two attached hydrogens (primary N) is 1. The zero-order chi connectivity index (χ0) is 14.9. The van der Waals surface area contributed by atoms with Crippen molar-refractivity contribution in [2.75, 3.05) is 0 Å². The van der Waals surface area contributed by atoms with Gasteiger partial charge in [-0.1, -0.05) is 32.1 Å². The molecule has 2 N–H and O–H groups in total. The Kier molecular flexibility index (Phi) is 3.80. The van der Waals surface area contributed by atoms with Crippen LogP contribution in [0.5, 0.6) is 0 Å². The Morgan fingerprint density at radius 1 is 1.25 bits per heavy atom. The number of hydrogen-bond donors (Lipinski definition) is 1. The first-order chi connectivity index (χ1) is 9.30. The van der Waals surface area contributed by atoms with Gasteiger partial charge in [0.05, 0.1) is 0 Å². The zero-order valence-corrected chi connectivity index (χ0v) is 12.3. The van der Waals surface area contributed by atoms with E-state index in [9.17, 15) is 9.59 Å². The molecule has 1 aromatic rings. The molecule has 1 aromatic carbocycles. The van der Waals surface area contributed by atoms with E-state index in [1.54, 1.807) is 12.1 Å². The lowest BCUT2D eigenvalue weighted by Crippen LogP contribution is -2.17. The van der Waals surface area contributed by atoms with Gasteiger partial charge in [-0.2, -0.15) is 0 Å². The number of amides is 1. The van der Waals surface area contributed by atoms with Crippen molar-refractivity contribution in [1.29, 1.82) is 0 Å². The van der Waals surface area contributed by atoms with E-state index < -0.39 is 5.91 Å². The summed E-state index contributed by atoms with van der Waals surface area (Å²) in [5.74, 6) is -0.536. The van der Waals surface area contributed by atoms with Gasteiger partial charge in [-0.15, -0.1) is 0 Å². The number of primary amides is 1. The van der Waals surface area contributed by atoms with Gasteiger partial charge in [-0.05, 0) is 48.8 Å². The highest BCUT2D eigenvalue weighted by molar-refractivity contribution is 6.02. The third-order valence-electron chi connectivity index (χ3n) is 4.01. The molecule has 0 saturated heterocycles. The van der Waals surface area contributed by atoms with Crippen LogP contribution in [0.2, 0.25) is 0 Å². The first kappa shape index (κ1) is 14.5. The van der Waals surface area contributed by atoms with E-state index >= 15 is 0 Å². The van der Waals surface area contributed by atoms with Crippen LogP contribution in [0.3, 0.4) is 0 Å². The maximum atomic E-state index is 11.7. The minimum atomic E-state index is -0.478. The van der Waals surface area contributed by atoms with Gasteiger partial charge in [0.15, 0.2) is 5.78 Å². The molecule has 0 heterocycles. The van der Waals surface area contributed by atoms with Gasteiger partial charge in [0.1, 0.15) is 0 Å². The van der Waals surface area contributed by atoms with Gasteiger partial charge < -0.3 is 5.73 Å². The van der Waals surface area contributed by atoms with E-state index in [0.717, 1.165) is 30.4 Å². The van der Waals surface area contributed by atoms with Crippen LogP contribution in [-0.2, 0) is 0 Å². The van der Waals surface area contributed by atoms with Crippen LogP contribution < -0.4 is 5.73 Å². The lowest BCUT2D eigenvalue weighted by Gasteiger charge is -2.29. The van der Waals surface area contributed by atoms with Crippen LogP contribution in [0.4, 0.5) is 0 Å². The van der Waals surface area contributed by atoms with Crippen LogP contribution >= 0.6 is 0 Å². The van der Waals surface area contributed by atoms with Gasteiger partial charge in [-0.25, -0.2) is 0 Å².